The molecule has 0 aliphatic heterocycles. The number of likely N-dealkylation sites (N-methyl/N-ethyl adjacent to an activating group) is 1. The molecule has 1 N–H and O–H groups in total. The molecule has 1 rings (SSSR count). The van der Waals surface area contributed by atoms with Gasteiger partial charge in [0.2, 0.25) is 5.91 Å². The Kier molecular flexibility index (Phi) is 7.21. The molecule has 134 valence electrons. The van der Waals surface area contributed by atoms with Gasteiger partial charge in [-0.3, -0.25) is 9.59 Å². The van der Waals surface area contributed by atoms with Crippen LogP contribution in [-0.2, 0) is 16.1 Å². The number of amides is 2. The molecule has 2 amide bonds. The second-order valence-electron chi connectivity index (χ2n) is 5.69. The van der Waals surface area contributed by atoms with Gasteiger partial charge in [-0.25, -0.2) is 0 Å². The van der Waals surface area contributed by atoms with Crippen LogP contribution in [0.5, 0.6) is 0 Å². The highest BCUT2D eigenvalue weighted by molar-refractivity contribution is 5.96. The van der Waals surface area contributed by atoms with E-state index in [1.54, 1.807) is 0 Å². The van der Waals surface area contributed by atoms with Crippen LogP contribution < -0.4 is 5.32 Å². The molecule has 1 aromatic carbocycles. The molecular weight excluding hydrogens is 325 g/mol. The minimum absolute atomic E-state index is 0.0167. The van der Waals surface area contributed by atoms with Crippen LogP contribution in [0.4, 0.5) is 13.2 Å². The third-order valence-corrected chi connectivity index (χ3v) is 2.91. The maximum absolute atomic E-state index is 12.2. The van der Waals surface area contributed by atoms with E-state index in [-0.39, 0.29) is 31.0 Å². The van der Waals surface area contributed by atoms with E-state index in [1.807, 2.05) is 13.8 Å². The lowest BCUT2D eigenvalue weighted by molar-refractivity contribution is -0.176. The minimum Gasteiger partial charge on any atom is -0.367 e. The fraction of sp³-hybridized carbons (Fsp3) is 0.500. The number of hydrogen-bond acceptors (Lipinski definition) is 3. The zero-order chi connectivity index (χ0) is 18.3. The number of benzene rings is 1. The molecule has 0 saturated carbocycles. The molecule has 8 heteroatoms. The fourth-order valence-corrected chi connectivity index (χ4v) is 1.90. The lowest BCUT2D eigenvalue weighted by Crippen LogP contribution is -2.40. The summed E-state index contributed by atoms with van der Waals surface area (Å²) in [5, 5.41) is 2.68. The van der Waals surface area contributed by atoms with E-state index in [9.17, 15) is 22.8 Å². The molecule has 0 unspecified atom stereocenters. The summed E-state index contributed by atoms with van der Waals surface area (Å²) in [6.45, 7) is 2.05. The Hall–Kier alpha value is -2.09. The van der Waals surface area contributed by atoms with E-state index in [2.05, 4.69) is 10.1 Å². The first-order valence-electron chi connectivity index (χ1n) is 7.36. The summed E-state index contributed by atoms with van der Waals surface area (Å²) in [6.07, 6.45) is -4.37. The lowest BCUT2D eigenvalue weighted by Gasteiger charge is -2.18. The summed E-state index contributed by atoms with van der Waals surface area (Å²) in [5.41, 5.74) is 0.866. The van der Waals surface area contributed by atoms with Crippen molar-refractivity contribution in [1.82, 2.24) is 10.2 Å². The maximum Gasteiger partial charge on any atom is 0.411 e. The molecule has 0 aromatic heterocycles. The van der Waals surface area contributed by atoms with Gasteiger partial charge < -0.3 is 15.0 Å². The van der Waals surface area contributed by atoms with Crippen LogP contribution in [0.2, 0.25) is 0 Å². The second kappa shape index (κ2) is 8.68. The molecule has 0 bridgehead atoms. The molecule has 0 fully saturated rings. The van der Waals surface area contributed by atoms with Gasteiger partial charge in [0.05, 0.1) is 13.2 Å². The minimum atomic E-state index is -4.37. The van der Waals surface area contributed by atoms with Crippen molar-refractivity contribution in [2.75, 3.05) is 20.2 Å². The molecule has 0 aliphatic carbocycles. The topological polar surface area (TPSA) is 58.6 Å². The summed E-state index contributed by atoms with van der Waals surface area (Å²) in [5.74, 6) is -0.616. The van der Waals surface area contributed by atoms with Crippen molar-refractivity contribution in [3.63, 3.8) is 0 Å². The second-order valence-corrected chi connectivity index (χ2v) is 5.69. The zero-order valence-electron chi connectivity index (χ0n) is 13.8. The standard InChI is InChI=1S/C16H21F3N2O3/c1-11(2)20-14(22)8-21(3)15(23)13-6-4-12(5-7-13)9-24-10-16(17,18)19/h4-7,11H,8-10H2,1-3H3,(H,20,22). The number of carbonyl (C=O) groups is 2. The Morgan fingerprint density at radius 1 is 1.21 bits per heavy atom. The van der Waals surface area contributed by atoms with Crippen molar-refractivity contribution in [1.29, 1.82) is 0 Å². The highest BCUT2D eigenvalue weighted by Gasteiger charge is 2.27. The van der Waals surface area contributed by atoms with Gasteiger partial charge in [-0.15, -0.1) is 0 Å². The van der Waals surface area contributed by atoms with Crippen LogP contribution in [0.25, 0.3) is 0 Å². The first kappa shape index (κ1) is 20.0. The van der Waals surface area contributed by atoms with E-state index in [0.717, 1.165) is 0 Å². The first-order chi connectivity index (χ1) is 11.1. The summed E-state index contributed by atoms with van der Waals surface area (Å²) in [6, 6.07) is 6.01. The predicted octanol–water partition coefficient (Wildman–Crippen LogP) is 2.36. The first-order valence-corrected chi connectivity index (χ1v) is 7.36. The van der Waals surface area contributed by atoms with Gasteiger partial charge in [-0.2, -0.15) is 13.2 Å². The third kappa shape index (κ3) is 7.45. The fourth-order valence-electron chi connectivity index (χ4n) is 1.90. The number of rotatable bonds is 7. The van der Waals surface area contributed by atoms with E-state index in [1.165, 1.54) is 36.2 Å². The summed E-state index contributed by atoms with van der Waals surface area (Å²) in [4.78, 5) is 25.1. The van der Waals surface area contributed by atoms with Crippen molar-refractivity contribution < 1.29 is 27.5 Å². The van der Waals surface area contributed by atoms with Gasteiger partial charge >= 0.3 is 6.18 Å². The van der Waals surface area contributed by atoms with Gasteiger partial charge in [0, 0.05) is 18.7 Å². The summed E-state index contributed by atoms with van der Waals surface area (Å²) >= 11 is 0. The summed E-state index contributed by atoms with van der Waals surface area (Å²) < 4.78 is 40.5. The molecule has 24 heavy (non-hydrogen) atoms. The number of ether oxygens (including phenoxy) is 1. The van der Waals surface area contributed by atoms with Gasteiger partial charge in [-0.05, 0) is 31.5 Å². The van der Waals surface area contributed by atoms with E-state index >= 15 is 0 Å². The van der Waals surface area contributed by atoms with Gasteiger partial charge in [-0.1, -0.05) is 12.1 Å². The Morgan fingerprint density at radius 2 is 1.79 bits per heavy atom. The molecule has 5 nitrogen and oxygen atoms in total. The monoisotopic (exact) mass is 346 g/mol. The van der Waals surface area contributed by atoms with Crippen molar-refractivity contribution in [3.8, 4) is 0 Å². The molecular formula is C16H21F3N2O3. The molecule has 1 aromatic rings. The molecule has 0 saturated heterocycles. The van der Waals surface area contributed by atoms with Crippen molar-refractivity contribution in [3.05, 3.63) is 35.4 Å². The Bertz CT molecular complexity index is 557. The van der Waals surface area contributed by atoms with Crippen LogP contribution in [-0.4, -0.2) is 49.1 Å². The van der Waals surface area contributed by atoms with Crippen molar-refractivity contribution >= 4 is 11.8 Å². The number of halogens is 3. The lowest BCUT2D eigenvalue weighted by atomic mass is 10.1. The van der Waals surface area contributed by atoms with Crippen LogP contribution >= 0.6 is 0 Å². The smallest absolute Gasteiger partial charge is 0.367 e. The molecule has 0 aliphatic rings. The number of nitrogens with zero attached hydrogens (tertiary/aromatic N) is 1. The molecule has 0 heterocycles. The average Bonchev–Trinajstić information content (AvgIpc) is 2.45. The summed E-state index contributed by atoms with van der Waals surface area (Å²) in [7, 11) is 1.50. The van der Waals surface area contributed by atoms with Crippen LogP contribution in [0.3, 0.4) is 0 Å². The predicted molar refractivity (Wildman–Crippen MR) is 82.4 cm³/mol. The molecule has 0 radical (unpaired) electrons. The van der Waals surface area contributed by atoms with E-state index < -0.39 is 12.8 Å². The third-order valence-electron chi connectivity index (χ3n) is 2.91. The average molecular weight is 346 g/mol. The maximum atomic E-state index is 12.2. The number of nitrogens with one attached hydrogen (secondary N) is 1. The van der Waals surface area contributed by atoms with Crippen molar-refractivity contribution in [2.24, 2.45) is 0 Å². The highest BCUT2D eigenvalue weighted by Crippen LogP contribution is 2.16. The number of carbonyl (C=O) groups excluding carboxylic acids is 2. The van der Waals surface area contributed by atoms with Gasteiger partial charge in [0.15, 0.2) is 0 Å². The quantitative estimate of drug-likeness (QED) is 0.825. The Balaban J connectivity index is 2.55. The van der Waals surface area contributed by atoms with Crippen LogP contribution in [0, 0.1) is 0 Å². The Morgan fingerprint density at radius 3 is 2.29 bits per heavy atom. The largest absolute Gasteiger partial charge is 0.411 e. The zero-order valence-corrected chi connectivity index (χ0v) is 13.8. The van der Waals surface area contributed by atoms with Gasteiger partial charge in [0.25, 0.3) is 5.91 Å². The normalized spacial score (nSPS) is 11.5. The van der Waals surface area contributed by atoms with Crippen LogP contribution in [0.1, 0.15) is 29.8 Å². The van der Waals surface area contributed by atoms with E-state index in [0.29, 0.717) is 11.1 Å². The van der Waals surface area contributed by atoms with Crippen molar-refractivity contribution in [2.45, 2.75) is 32.7 Å². The molecule has 0 spiro atoms. The SMILES string of the molecule is CC(C)NC(=O)CN(C)C(=O)c1ccc(COCC(F)(F)F)cc1. The van der Waals surface area contributed by atoms with E-state index in [4.69, 9.17) is 0 Å². The number of alkyl halides is 3. The molecule has 0 atom stereocenters. The van der Waals surface area contributed by atoms with Gasteiger partial charge in [0.1, 0.15) is 6.61 Å². The number of hydrogen-bond donors (Lipinski definition) is 1. The van der Waals surface area contributed by atoms with Crippen LogP contribution in [0.15, 0.2) is 24.3 Å². The highest BCUT2D eigenvalue weighted by atomic mass is 19.4. The Labute approximate surface area is 138 Å².